The van der Waals surface area contributed by atoms with Gasteiger partial charge in [-0.15, -0.1) is 11.3 Å². The first-order chi connectivity index (χ1) is 8.60. The fraction of sp³-hybridized carbons (Fsp3) is 0.231. The normalized spacial score (nSPS) is 11.6. The van der Waals surface area contributed by atoms with Crippen molar-refractivity contribution >= 4 is 17.2 Å². The molecule has 94 valence electrons. The summed E-state index contributed by atoms with van der Waals surface area (Å²) in [6.45, 7) is 3.44. The molecular weight excluding hydrogens is 248 g/mol. The molecule has 1 aromatic heterocycles. The number of aromatic nitrogens is 1. The molecule has 1 heterocycles. The summed E-state index contributed by atoms with van der Waals surface area (Å²) in [5.74, 6) is 0.607. The molecule has 4 nitrogen and oxygen atoms in total. The molecular formula is C13H14N2O2S. The van der Waals surface area contributed by atoms with E-state index in [4.69, 9.17) is 4.74 Å². The van der Waals surface area contributed by atoms with Crippen LogP contribution >= 0.6 is 11.3 Å². The molecule has 0 aliphatic rings. The second kappa shape index (κ2) is 5.18. The molecule has 2 rings (SSSR count). The van der Waals surface area contributed by atoms with Crippen LogP contribution < -0.4 is 9.54 Å². The van der Waals surface area contributed by atoms with Crippen molar-refractivity contribution in [1.29, 1.82) is 0 Å². The van der Waals surface area contributed by atoms with Gasteiger partial charge in [0.05, 0.1) is 7.11 Å². The Morgan fingerprint density at radius 2 is 2.00 bits per heavy atom. The van der Waals surface area contributed by atoms with Crippen LogP contribution in [0.2, 0.25) is 0 Å². The van der Waals surface area contributed by atoms with Crippen LogP contribution in [0, 0.1) is 6.92 Å². The maximum atomic E-state index is 11.1. The molecule has 5 heteroatoms. The molecule has 18 heavy (non-hydrogen) atoms. The minimum absolute atomic E-state index is 0.195. The number of carbonyl (C=O) groups is 1. The number of thiazole rings is 1. The summed E-state index contributed by atoms with van der Waals surface area (Å²) in [5.41, 5.74) is 0.958. The van der Waals surface area contributed by atoms with E-state index in [0.717, 1.165) is 16.3 Å². The Morgan fingerprint density at radius 3 is 2.56 bits per heavy atom. The molecule has 0 bridgehead atoms. The van der Waals surface area contributed by atoms with E-state index in [9.17, 15) is 4.79 Å². The van der Waals surface area contributed by atoms with Gasteiger partial charge in [0, 0.05) is 23.7 Å². The van der Waals surface area contributed by atoms with Crippen LogP contribution in [0.25, 0.3) is 5.69 Å². The summed E-state index contributed by atoms with van der Waals surface area (Å²) < 4.78 is 7.02. The van der Waals surface area contributed by atoms with Crippen molar-refractivity contribution in [3.05, 3.63) is 40.1 Å². The van der Waals surface area contributed by atoms with Gasteiger partial charge in [-0.3, -0.25) is 9.36 Å². The molecule has 0 N–H and O–H groups in total. The van der Waals surface area contributed by atoms with Crippen molar-refractivity contribution < 1.29 is 9.53 Å². The molecule has 0 unspecified atom stereocenters. The summed E-state index contributed by atoms with van der Waals surface area (Å²) in [4.78, 5) is 16.9. The lowest BCUT2D eigenvalue weighted by Gasteiger charge is -2.04. The molecule has 0 radical (unpaired) electrons. The largest absolute Gasteiger partial charge is 0.497 e. The maximum absolute atomic E-state index is 11.1. The smallest absolute Gasteiger partial charge is 0.245 e. The predicted molar refractivity (Wildman–Crippen MR) is 71.2 cm³/mol. The Labute approximate surface area is 109 Å². The van der Waals surface area contributed by atoms with E-state index in [-0.39, 0.29) is 5.91 Å². The van der Waals surface area contributed by atoms with Gasteiger partial charge in [0.1, 0.15) is 5.75 Å². The van der Waals surface area contributed by atoms with Crippen LogP contribution in [-0.2, 0) is 4.79 Å². The zero-order valence-corrected chi connectivity index (χ0v) is 11.3. The van der Waals surface area contributed by atoms with E-state index in [0.29, 0.717) is 4.80 Å². The molecule has 0 aliphatic heterocycles. The molecule has 1 aromatic carbocycles. The van der Waals surface area contributed by atoms with Crippen LogP contribution in [0.3, 0.4) is 0 Å². The maximum Gasteiger partial charge on any atom is 0.245 e. The lowest BCUT2D eigenvalue weighted by Crippen LogP contribution is -2.13. The van der Waals surface area contributed by atoms with Crippen molar-refractivity contribution in [2.75, 3.05) is 7.11 Å². The average molecular weight is 262 g/mol. The van der Waals surface area contributed by atoms with Gasteiger partial charge < -0.3 is 4.74 Å². The van der Waals surface area contributed by atoms with Gasteiger partial charge in [-0.2, -0.15) is 4.99 Å². The predicted octanol–water partition coefficient (Wildman–Crippen LogP) is 2.30. The van der Waals surface area contributed by atoms with E-state index in [1.165, 1.54) is 18.3 Å². The minimum atomic E-state index is -0.195. The third-order valence-corrected chi connectivity index (χ3v) is 3.27. The summed E-state index contributed by atoms with van der Waals surface area (Å²) in [6.07, 6.45) is 1.97. The number of methoxy groups -OCH3 is 1. The Hall–Kier alpha value is -1.88. The first-order valence-electron chi connectivity index (χ1n) is 5.49. The first-order valence-corrected chi connectivity index (χ1v) is 6.30. The number of ether oxygens (including phenoxy) is 1. The van der Waals surface area contributed by atoms with Crippen LogP contribution in [0.1, 0.15) is 11.8 Å². The van der Waals surface area contributed by atoms with Crippen molar-refractivity contribution in [2.45, 2.75) is 13.8 Å². The summed E-state index contributed by atoms with van der Waals surface area (Å²) in [6, 6.07) is 7.63. The second-order valence-electron chi connectivity index (χ2n) is 3.82. The number of rotatable bonds is 2. The van der Waals surface area contributed by atoms with Crippen molar-refractivity contribution in [2.24, 2.45) is 4.99 Å². The lowest BCUT2D eigenvalue weighted by atomic mass is 10.3. The Kier molecular flexibility index (Phi) is 3.62. The highest BCUT2D eigenvalue weighted by molar-refractivity contribution is 7.09. The van der Waals surface area contributed by atoms with Gasteiger partial charge in [0.15, 0.2) is 4.80 Å². The third kappa shape index (κ3) is 2.68. The van der Waals surface area contributed by atoms with Gasteiger partial charge >= 0.3 is 0 Å². The number of carbonyl (C=O) groups excluding carboxylic acids is 1. The number of hydrogen-bond acceptors (Lipinski definition) is 3. The van der Waals surface area contributed by atoms with Gasteiger partial charge in [0.25, 0.3) is 0 Å². The summed E-state index contributed by atoms with van der Waals surface area (Å²) >= 11 is 1.49. The monoisotopic (exact) mass is 262 g/mol. The van der Waals surface area contributed by atoms with E-state index < -0.39 is 0 Å². The molecule has 0 spiro atoms. The second-order valence-corrected chi connectivity index (χ2v) is 5.04. The number of nitrogens with zero attached hydrogens (tertiary/aromatic N) is 2. The fourth-order valence-electron chi connectivity index (χ4n) is 1.60. The highest BCUT2D eigenvalue weighted by Gasteiger charge is 2.03. The number of amides is 1. The molecule has 0 saturated heterocycles. The van der Waals surface area contributed by atoms with Crippen molar-refractivity contribution in [1.82, 2.24) is 4.57 Å². The fourth-order valence-corrected chi connectivity index (χ4v) is 2.47. The Bertz CT molecular complexity index is 623. The number of aryl methyl sites for hydroxylation is 1. The van der Waals surface area contributed by atoms with Gasteiger partial charge in [-0.25, -0.2) is 0 Å². The lowest BCUT2D eigenvalue weighted by molar-refractivity contribution is -0.116. The van der Waals surface area contributed by atoms with E-state index in [1.54, 1.807) is 7.11 Å². The molecule has 0 atom stereocenters. The zero-order valence-electron chi connectivity index (χ0n) is 10.5. The number of benzene rings is 1. The van der Waals surface area contributed by atoms with Crippen molar-refractivity contribution in [3.8, 4) is 11.4 Å². The van der Waals surface area contributed by atoms with E-state index >= 15 is 0 Å². The van der Waals surface area contributed by atoms with Gasteiger partial charge in [-0.1, -0.05) is 0 Å². The minimum Gasteiger partial charge on any atom is -0.497 e. The summed E-state index contributed by atoms with van der Waals surface area (Å²) in [7, 11) is 1.63. The van der Waals surface area contributed by atoms with Crippen LogP contribution in [0.4, 0.5) is 0 Å². The SMILES string of the molecule is COc1ccc(-n2cc(C)sc2=NC(C)=O)cc1. The topological polar surface area (TPSA) is 43.6 Å². The summed E-state index contributed by atoms with van der Waals surface area (Å²) in [5, 5.41) is 0. The first kappa shape index (κ1) is 12.6. The van der Waals surface area contributed by atoms with Crippen molar-refractivity contribution in [3.63, 3.8) is 0 Å². The van der Waals surface area contributed by atoms with Gasteiger partial charge in [-0.05, 0) is 31.2 Å². The number of hydrogen-bond donors (Lipinski definition) is 0. The molecule has 1 amide bonds. The van der Waals surface area contributed by atoms with E-state index in [2.05, 4.69) is 4.99 Å². The molecule has 0 fully saturated rings. The quantitative estimate of drug-likeness (QED) is 0.833. The standard InChI is InChI=1S/C13H14N2O2S/c1-9-8-15(13(18-9)14-10(2)16)11-4-6-12(17-3)7-5-11/h4-8H,1-3H3. The molecule has 0 aliphatic carbocycles. The highest BCUT2D eigenvalue weighted by atomic mass is 32.1. The van der Waals surface area contributed by atoms with Crippen LogP contribution in [0.15, 0.2) is 35.5 Å². The van der Waals surface area contributed by atoms with E-state index in [1.807, 2.05) is 42.0 Å². The Morgan fingerprint density at radius 1 is 1.33 bits per heavy atom. The molecule has 0 saturated carbocycles. The van der Waals surface area contributed by atoms with Crippen LogP contribution in [-0.4, -0.2) is 17.6 Å². The highest BCUT2D eigenvalue weighted by Crippen LogP contribution is 2.15. The zero-order chi connectivity index (χ0) is 13.1. The Balaban J connectivity index is 2.52. The third-order valence-electron chi connectivity index (χ3n) is 2.37. The average Bonchev–Trinajstić information content (AvgIpc) is 2.69. The molecule has 2 aromatic rings. The van der Waals surface area contributed by atoms with Crippen LogP contribution in [0.5, 0.6) is 5.75 Å². The van der Waals surface area contributed by atoms with Gasteiger partial charge in [0.2, 0.25) is 5.91 Å².